The highest BCUT2D eigenvalue weighted by atomic mass is 16.4. The number of rotatable bonds is 5. The largest absolute Gasteiger partial charge is 0.480 e. The number of carbonyl (C=O) groups excluding carboxylic acids is 2. The molecule has 0 bridgehead atoms. The van der Waals surface area contributed by atoms with Gasteiger partial charge in [0.2, 0.25) is 11.8 Å². The monoisotopic (exact) mass is 270 g/mol. The third-order valence-electron chi connectivity index (χ3n) is 3.38. The van der Waals surface area contributed by atoms with Gasteiger partial charge in [-0.3, -0.25) is 9.59 Å². The quantitative estimate of drug-likeness (QED) is 0.766. The standard InChI is InChI=1S/C13H22N2O4/c1-3-4-11(16)14-8-12(17)15-6-5-9(2)7-10(15)13(18)19/h9-10H,3-8H2,1-2H3,(H,14,16)(H,18,19). The first-order chi connectivity index (χ1) is 8.95. The molecule has 6 nitrogen and oxygen atoms in total. The molecular formula is C13H22N2O4. The maximum atomic E-state index is 12.0. The first kappa shape index (κ1) is 15.5. The van der Waals surface area contributed by atoms with Crippen LogP contribution in [0.1, 0.15) is 39.5 Å². The second kappa shape index (κ2) is 7.11. The van der Waals surface area contributed by atoms with Crippen LogP contribution in [0.15, 0.2) is 0 Å². The molecule has 2 amide bonds. The van der Waals surface area contributed by atoms with Crippen LogP contribution in [0.5, 0.6) is 0 Å². The maximum absolute atomic E-state index is 12.0. The number of nitrogens with one attached hydrogen (secondary N) is 1. The van der Waals surface area contributed by atoms with Gasteiger partial charge in [0.15, 0.2) is 0 Å². The average molecular weight is 270 g/mol. The number of aliphatic carboxylic acids is 1. The van der Waals surface area contributed by atoms with E-state index in [9.17, 15) is 14.4 Å². The lowest BCUT2D eigenvalue weighted by Crippen LogP contribution is -2.52. The van der Waals surface area contributed by atoms with Crippen LogP contribution in [0.3, 0.4) is 0 Å². The Balaban J connectivity index is 2.54. The van der Waals surface area contributed by atoms with Crippen molar-refractivity contribution in [1.29, 1.82) is 0 Å². The van der Waals surface area contributed by atoms with E-state index in [-0.39, 0.29) is 18.4 Å². The smallest absolute Gasteiger partial charge is 0.326 e. The predicted molar refractivity (Wildman–Crippen MR) is 69.5 cm³/mol. The van der Waals surface area contributed by atoms with E-state index in [1.807, 2.05) is 13.8 Å². The third-order valence-corrected chi connectivity index (χ3v) is 3.38. The fourth-order valence-electron chi connectivity index (χ4n) is 2.27. The number of hydrogen-bond donors (Lipinski definition) is 2. The summed E-state index contributed by atoms with van der Waals surface area (Å²) in [5.41, 5.74) is 0. The minimum absolute atomic E-state index is 0.114. The number of piperidine rings is 1. The number of likely N-dealkylation sites (tertiary alicyclic amines) is 1. The van der Waals surface area contributed by atoms with Crippen molar-refractivity contribution in [3.8, 4) is 0 Å². The molecule has 1 heterocycles. The van der Waals surface area contributed by atoms with E-state index in [1.165, 1.54) is 4.90 Å². The fourth-order valence-corrected chi connectivity index (χ4v) is 2.27. The van der Waals surface area contributed by atoms with E-state index in [0.29, 0.717) is 25.3 Å². The van der Waals surface area contributed by atoms with Crippen molar-refractivity contribution >= 4 is 17.8 Å². The second-order valence-corrected chi connectivity index (χ2v) is 5.10. The molecule has 1 aliphatic heterocycles. The van der Waals surface area contributed by atoms with Gasteiger partial charge in [0.05, 0.1) is 6.54 Å². The van der Waals surface area contributed by atoms with Crippen LogP contribution in [0.4, 0.5) is 0 Å². The van der Waals surface area contributed by atoms with Gasteiger partial charge >= 0.3 is 5.97 Å². The van der Waals surface area contributed by atoms with Crippen LogP contribution in [0.25, 0.3) is 0 Å². The minimum atomic E-state index is -0.972. The van der Waals surface area contributed by atoms with Crippen molar-refractivity contribution in [2.45, 2.75) is 45.6 Å². The summed E-state index contributed by atoms with van der Waals surface area (Å²) in [5, 5.41) is 11.7. The lowest BCUT2D eigenvalue weighted by molar-refractivity contribution is -0.152. The van der Waals surface area contributed by atoms with E-state index < -0.39 is 12.0 Å². The maximum Gasteiger partial charge on any atom is 0.326 e. The van der Waals surface area contributed by atoms with Crippen LogP contribution >= 0.6 is 0 Å². The lowest BCUT2D eigenvalue weighted by atomic mass is 9.92. The number of carboxylic acid groups (broad SMARTS) is 1. The summed E-state index contributed by atoms with van der Waals surface area (Å²) in [4.78, 5) is 35.8. The molecule has 6 heteroatoms. The predicted octanol–water partition coefficient (Wildman–Crippen LogP) is 0.614. The Morgan fingerprint density at radius 2 is 2.05 bits per heavy atom. The number of hydrogen-bond acceptors (Lipinski definition) is 3. The van der Waals surface area contributed by atoms with Gasteiger partial charge in [0.1, 0.15) is 6.04 Å². The third kappa shape index (κ3) is 4.54. The van der Waals surface area contributed by atoms with Gasteiger partial charge < -0.3 is 15.3 Å². The molecule has 1 rings (SSSR count). The zero-order chi connectivity index (χ0) is 14.4. The zero-order valence-electron chi connectivity index (χ0n) is 11.5. The average Bonchev–Trinajstić information content (AvgIpc) is 2.36. The Bertz CT molecular complexity index is 357. The van der Waals surface area contributed by atoms with Gasteiger partial charge in [0, 0.05) is 13.0 Å². The molecule has 0 aromatic rings. The Morgan fingerprint density at radius 1 is 1.37 bits per heavy atom. The van der Waals surface area contributed by atoms with Crippen LogP contribution in [0.2, 0.25) is 0 Å². The topological polar surface area (TPSA) is 86.7 Å². The summed E-state index contributed by atoms with van der Waals surface area (Å²) >= 11 is 0. The highest BCUT2D eigenvalue weighted by Crippen LogP contribution is 2.22. The van der Waals surface area contributed by atoms with E-state index in [4.69, 9.17) is 5.11 Å². The SMILES string of the molecule is CCCC(=O)NCC(=O)N1CCC(C)CC1C(=O)O. The normalized spacial score (nSPS) is 22.9. The molecule has 0 aromatic heterocycles. The summed E-state index contributed by atoms with van der Waals surface area (Å²) in [6.07, 6.45) is 2.38. The molecule has 1 aliphatic rings. The van der Waals surface area contributed by atoms with Crippen LogP contribution in [0, 0.1) is 5.92 Å². The summed E-state index contributed by atoms with van der Waals surface area (Å²) in [6, 6.07) is -0.765. The van der Waals surface area contributed by atoms with Gasteiger partial charge in [-0.05, 0) is 25.2 Å². The highest BCUT2D eigenvalue weighted by Gasteiger charge is 2.34. The molecule has 0 radical (unpaired) electrons. The van der Waals surface area contributed by atoms with Crippen molar-refractivity contribution < 1.29 is 19.5 Å². The van der Waals surface area contributed by atoms with Crippen molar-refractivity contribution in [3.63, 3.8) is 0 Å². The van der Waals surface area contributed by atoms with Crippen molar-refractivity contribution in [3.05, 3.63) is 0 Å². The Kier molecular flexibility index (Phi) is 5.79. The molecule has 0 aromatic carbocycles. The fraction of sp³-hybridized carbons (Fsp3) is 0.769. The van der Waals surface area contributed by atoms with Crippen LogP contribution < -0.4 is 5.32 Å². The van der Waals surface area contributed by atoms with Gasteiger partial charge in [-0.15, -0.1) is 0 Å². The highest BCUT2D eigenvalue weighted by molar-refractivity contribution is 5.88. The molecule has 108 valence electrons. The molecule has 1 fully saturated rings. The van der Waals surface area contributed by atoms with Crippen LogP contribution in [-0.2, 0) is 14.4 Å². The molecule has 2 N–H and O–H groups in total. The van der Waals surface area contributed by atoms with Crippen molar-refractivity contribution in [2.24, 2.45) is 5.92 Å². The number of nitrogens with zero attached hydrogens (tertiary/aromatic N) is 1. The molecule has 0 saturated carbocycles. The molecule has 2 atom stereocenters. The Morgan fingerprint density at radius 3 is 2.63 bits per heavy atom. The van der Waals surface area contributed by atoms with Gasteiger partial charge in [-0.2, -0.15) is 0 Å². The number of carboxylic acids is 1. The second-order valence-electron chi connectivity index (χ2n) is 5.10. The molecule has 1 saturated heterocycles. The van der Waals surface area contributed by atoms with E-state index >= 15 is 0 Å². The molecule has 19 heavy (non-hydrogen) atoms. The van der Waals surface area contributed by atoms with E-state index in [0.717, 1.165) is 12.8 Å². The molecule has 0 spiro atoms. The van der Waals surface area contributed by atoms with Crippen LogP contribution in [-0.4, -0.2) is 46.9 Å². The number of carbonyl (C=O) groups is 3. The van der Waals surface area contributed by atoms with Crippen molar-refractivity contribution in [1.82, 2.24) is 10.2 Å². The Labute approximate surface area is 113 Å². The van der Waals surface area contributed by atoms with Gasteiger partial charge in [-0.25, -0.2) is 4.79 Å². The summed E-state index contributed by atoms with van der Waals surface area (Å²) in [6.45, 7) is 4.20. The Hall–Kier alpha value is -1.59. The first-order valence-corrected chi connectivity index (χ1v) is 6.74. The van der Waals surface area contributed by atoms with Crippen molar-refractivity contribution in [2.75, 3.05) is 13.1 Å². The lowest BCUT2D eigenvalue weighted by Gasteiger charge is -2.36. The molecule has 2 unspecified atom stereocenters. The van der Waals surface area contributed by atoms with E-state index in [1.54, 1.807) is 0 Å². The molecular weight excluding hydrogens is 248 g/mol. The van der Waals surface area contributed by atoms with Gasteiger partial charge in [-0.1, -0.05) is 13.8 Å². The summed E-state index contributed by atoms with van der Waals surface area (Å²) in [7, 11) is 0. The van der Waals surface area contributed by atoms with E-state index in [2.05, 4.69) is 5.32 Å². The zero-order valence-corrected chi connectivity index (χ0v) is 11.5. The molecule has 0 aliphatic carbocycles. The summed E-state index contributed by atoms with van der Waals surface area (Å²) in [5.74, 6) is -1.16. The number of amides is 2. The minimum Gasteiger partial charge on any atom is -0.480 e. The van der Waals surface area contributed by atoms with Gasteiger partial charge in [0.25, 0.3) is 0 Å². The first-order valence-electron chi connectivity index (χ1n) is 6.74. The summed E-state index contributed by atoms with van der Waals surface area (Å²) < 4.78 is 0.